The van der Waals surface area contributed by atoms with Crippen LogP contribution < -0.4 is 10.5 Å². The van der Waals surface area contributed by atoms with Crippen LogP contribution in [0, 0.1) is 0 Å². The first kappa shape index (κ1) is 13.5. The molecule has 0 aliphatic heterocycles. The number of benzene rings is 1. The molecule has 1 heterocycles. The van der Waals surface area contributed by atoms with E-state index in [0.717, 1.165) is 30.7 Å². The molecule has 0 fully saturated rings. The Kier molecular flexibility index (Phi) is 4.10. The summed E-state index contributed by atoms with van der Waals surface area (Å²) in [4.78, 5) is 0. The van der Waals surface area contributed by atoms with Crippen LogP contribution in [0.15, 0.2) is 24.3 Å². The number of ether oxygens (including phenoxy) is 1. The first-order valence-electron chi connectivity index (χ1n) is 6.74. The molecule has 0 unspecified atom stereocenters. The van der Waals surface area contributed by atoms with Crippen molar-refractivity contribution < 1.29 is 4.74 Å². The van der Waals surface area contributed by atoms with Gasteiger partial charge >= 0.3 is 0 Å². The number of rotatable bonds is 5. The molecule has 0 amide bonds. The molecule has 0 atom stereocenters. The van der Waals surface area contributed by atoms with Crippen LogP contribution in [0.5, 0.6) is 11.6 Å². The number of para-hydroxylation sites is 1. The van der Waals surface area contributed by atoms with Crippen LogP contribution in [0.1, 0.15) is 31.5 Å². The summed E-state index contributed by atoms with van der Waals surface area (Å²) in [6, 6.07) is 8.01. The molecule has 0 spiro atoms. The van der Waals surface area contributed by atoms with Gasteiger partial charge in [0.15, 0.2) is 0 Å². The highest BCUT2D eigenvalue weighted by molar-refractivity contribution is 5.55. The summed E-state index contributed by atoms with van der Waals surface area (Å²) in [6.07, 6.45) is 2.82. The normalized spacial score (nSPS) is 10.7. The van der Waals surface area contributed by atoms with Gasteiger partial charge in [0.05, 0.1) is 5.69 Å². The minimum Gasteiger partial charge on any atom is -0.437 e. The highest BCUT2D eigenvalue weighted by Gasteiger charge is 2.15. The van der Waals surface area contributed by atoms with E-state index in [-0.39, 0.29) is 0 Å². The fraction of sp³-hybridized carbons (Fsp3) is 0.400. The lowest BCUT2D eigenvalue weighted by Crippen LogP contribution is -1.98. The molecule has 0 radical (unpaired) electrons. The first-order chi connectivity index (χ1) is 9.17. The van der Waals surface area contributed by atoms with E-state index < -0.39 is 0 Å². The number of hydrogen-bond acceptors (Lipinski definition) is 3. The largest absolute Gasteiger partial charge is 0.437 e. The summed E-state index contributed by atoms with van der Waals surface area (Å²) in [5, 5.41) is 4.42. The van der Waals surface area contributed by atoms with E-state index in [1.807, 2.05) is 25.2 Å². The third-order valence-corrected chi connectivity index (χ3v) is 3.15. The Hall–Kier alpha value is -1.97. The second-order valence-electron chi connectivity index (χ2n) is 4.60. The highest BCUT2D eigenvalue weighted by Crippen LogP contribution is 2.32. The molecule has 2 N–H and O–H groups in total. The Balaban J connectivity index is 2.33. The maximum absolute atomic E-state index is 6.12. The average molecular weight is 259 g/mol. The summed E-state index contributed by atoms with van der Waals surface area (Å²) in [6.45, 7) is 4.22. The van der Waals surface area contributed by atoms with Crippen molar-refractivity contribution in [2.24, 2.45) is 7.05 Å². The molecule has 4 heteroatoms. The molecule has 0 aliphatic rings. The molecular weight excluding hydrogens is 238 g/mol. The van der Waals surface area contributed by atoms with Crippen molar-refractivity contribution in [2.45, 2.75) is 33.1 Å². The molecule has 1 aromatic heterocycles. The summed E-state index contributed by atoms with van der Waals surface area (Å²) in [5.41, 5.74) is 8.85. The minimum absolute atomic E-state index is 0.629. The van der Waals surface area contributed by atoms with Crippen LogP contribution in [0.2, 0.25) is 0 Å². The van der Waals surface area contributed by atoms with E-state index in [9.17, 15) is 0 Å². The highest BCUT2D eigenvalue weighted by atomic mass is 16.5. The fourth-order valence-electron chi connectivity index (χ4n) is 2.12. The lowest BCUT2D eigenvalue weighted by Gasteiger charge is -2.10. The Morgan fingerprint density at radius 1 is 1.26 bits per heavy atom. The molecule has 0 saturated carbocycles. The number of aryl methyl sites for hydroxylation is 3. The van der Waals surface area contributed by atoms with E-state index in [1.54, 1.807) is 4.68 Å². The molecule has 2 aromatic rings. The van der Waals surface area contributed by atoms with Crippen molar-refractivity contribution in [3.8, 4) is 11.6 Å². The van der Waals surface area contributed by atoms with Gasteiger partial charge in [0, 0.05) is 7.05 Å². The van der Waals surface area contributed by atoms with Gasteiger partial charge in [-0.05, 0) is 24.5 Å². The van der Waals surface area contributed by atoms with Gasteiger partial charge in [-0.15, -0.1) is 0 Å². The van der Waals surface area contributed by atoms with Gasteiger partial charge in [0.1, 0.15) is 11.4 Å². The number of aromatic nitrogens is 2. The summed E-state index contributed by atoms with van der Waals surface area (Å²) >= 11 is 0. The van der Waals surface area contributed by atoms with Crippen LogP contribution in [0.3, 0.4) is 0 Å². The maximum atomic E-state index is 6.12. The third kappa shape index (κ3) is 2.72. The molecule has 102 valence electrons. The predicted octanol–water partition coefficient (Wildman–Crippen LogP) is 3.31. The summed E-state index contributed by atoms with van der Waals surface area (Å²) < 4.78 is 7.68. The van der Waals surface area contributed by atoms with E-state index >= 15 is 0 Å². The number of anilines is 1. The average Bonchev–Trinajstić information content (AvgIpc) is 2.68. The first-order valence-corrected chi connectivity index (χ1v) is 6.74. The number of nitrogens with zero attached hydrogens (tertiary/aromatic N) is 2. The van der Waals surface area contributed by atoms with Gasteiger partial charge in [-0.1, -0.05) is 38.5 Å². The van der Waals surface area contributed by atoms with E-state index in [0.29, 0.717) is 11.6 Å². The van der Waals surface area contributed by atoms with Gasteiger partial charge in [0.25, 0.3) is 0 Å². The lowest BCUT2D eigenvalue weighted by atomic mass is 10.1. The second kappa shape index (κ2) is 5.78. The van der Waals surface area contributed by atoms with Crippen LogP contribution >= 0.6 is 0 Å². The van der Waals surface area contributed by atoms with Gasteiger partial charge in [0.2, 0.25) is 5.88 Å². The van der Waals surface area contributed by atoms with E-state index in [1.165, 1.54) is 5.56 Å². The monoisotopic (exact) mass is 259 g/mol. The van der Waals surface area contributed by atoms with Crippen molar-refractivity contribution in [2.75, 3.05) is 5.73 Å². The van der Waals surface area contributed by atoms with Crippen LogP contribution in [0.25, 0.3) is 0 Å². The van der Waals surface area contributed by atoms with Crippen LogP contribution in [-0.4, -0.2) is 9.78 Å². The Morgan fingerprint density at radius 3 is 2.68 bits per heavy atom. The Morgan fingerprint density at radius 2 is 2.00 bits per heavy atom. The molecule has 0 aliphatic carbocycles. The Bertz CT molecular complexity index is 561. The third-order valence-electron chi connectivity index (χ3n) is 3.15. The van der Waals surface area contributed by atoms with E-state index in [4.69, 9.17) is 10.5 Å². The molecule has 0 bridgehead atoms. The van der Waals surface area contributed by atoms with Crippen LogP contribution in [0.4, 0.5) is 5.69 Å². The molecular formula is C15H21N3O. The molecule has 19 heavy (non-hydrogen) atoms. The van der Waals surface area contributed by atoms with Crippen molar-refractivity contribution in [1.82, 2.24) is 9.78 Å². The minimum atomic E-state index is 0.629. The molecule has 1 aromatic carbocycles. The molecule has 2 rings (SSSR count). The van der Waals surface area contributed by atoms with E-state index in [2.05, 4.69) is 25.0 Å². The smallest absolute Gasteiger partial charge is 0.241 e. The zero-order valence-corrected chi connectivity index (χ0v) is 11.8. The van der Waals surface area contributed by atoms with Crippen molar-refractivity contribution in [3.63, 3.8) is 0 Å². The van der Waals surface area contributed by atoms with Crippen molar-refractivity contribution in [3.05, 3.63) is 35.5 Å². The van der Waals surface area contributed by atoms with Crippen LogP contribution in [-0.2, 0) is 19.9 Å². The van der Waals surface area contributed by atoms with Gasteiger partial charge < -0.3 is 10.5 Å². The quantitative estimate of drug-likeness (QED) is 0.896. The van der Waals surface area contributed by atoms with Gasteiger partial charge in [-0.3, -0.25) is 0 Å². The lowest BCUT2D eigenvalue weighted by molar-refractivity contribution is 0.428. The summed E-state index contributed by atoms with van der Waals surface area (Å²) in [7, 11) is 1.86. The number of hydrogen-bond donors (Lipinski definition) is 1. The summed E-state index contributed by atoms with van der Waals surface area (Å²) in [5.74, 6) is 1.48. The fourth-order valence-corrected chi connectivity index (χ4v) is 2.12. The van der Waals surface area contributed by atoms with Gasteiger partial charge in [-0.2, -0.15) is 5.10 Å². The standard InChI is InChI=1S/C15H21N3O/c1-4-8-12-14(16)15(18(3)17-12)19-13-10-7-6-9-11(13)5-2/h6-7,9-10H,4-5,8,16H2,1-3H3. The Labute approximate surface area is 114 Å². The predicted molar refractivity (Wildman–Crippen MR) is 77.5 cm³/mol. The zero-order chi connectivity index (χ0) is 13.8. The molecule has 0 saturated heterocycles. The SMILES string of the molecule is CCCc1nn(C)c(Oc2ccccc2CC)c1N. The zero-order valence-electron chi connectivity index (χ0n) is 11.8. The number of nitrogen functional groups attached to an aromatic ring is 1. The van der Waals surface area contributed by atoms with Crippen molar-refractivity contribution >= 4 is 5.69 Å². The topological polar surface area (TPSA) is 53.1 Å². The van der Waals surface area contributed by atoms with Crippen molar-refractivity contribution in [1.29, 1.82) is 0 Å². The van der Waals surface area contributed by atoms with Gasteiger partial charge in [-0.25, -0.2) is 4.68 Å². The second-order valence-corrected chi connectivity index (χ2v) is 4.60. The maximum Gasteiger partial charge on any atom is 0.241 e. The number of nitrogens with two attached hydrogens (primary N) is 1. The molecule has 4 nitrogen and oxygen atoms in total.